The normalized spacial score (nSPS) is 16.8. The van der Waals surface area contributed by atoms with Crippen LogP contribution >= 0.6 is 0 Å². The molecule has 1 atom stereocenters. The molecule has 0 aliphatic heterocycles. The number of hydrogen-bond acceptors (Lipinski definition) is 2. The van der Waals surface area contributed by atoms with Crippen LogP contribution in [0.4, 0.5) is 0 Å². The van der Waals surface area contributed by atoms with Crippen molar-refractivity contribution >= 4 is 5.91 Å². The van der Waals surface area contributed by atoms with E-state index in [2.05, 4.69) is 42.5 Å². The molecule has 0 saturated heterocycles. The third-order valence-electron chi connectivity index (χ3n) is 4.71. The van der Waals surface area contributed by atoms with Crippen LogP contribution in [-0.4, -0.2) is 22.2 Å². The van der Waals surface area contributed by atoms with Crippen LogP contribution in [0.5, 0.6) is 0 Å². The molecular formula is C19H25N3O. The van der Waals surface area contributed by atoms with Crippen molar-refractivity contribution in [2.45, 2.75) is 45.6 Å². The largest absolute Gasteiger partial charge is 0.355 e. The number of aromatic nitrogens is 2. The molecule has 0 radical (unpaired) electrons. The summed E-state index contributed by atoms with van der Waals surface area (Å²) in [6.45, 7) is 7.75. The molecule has 1 fully saturated rings. The summed E-state index contributed by atoms with van der Waals surface area (Å²) in [5.74, 6) is 0.521. The van der Waals surface area contributed by atoms with E-state index in [1.807, 2.05) is 29.8 Å². The van der Waals surface area contributed by atoms with Crippen molar-refractivity contribution < 1.29 is 4.79 Å². The molecule has 1 saturated carbocycles. The number of aryl methyl sites for hydroxylation is 2. The van der Waals surface area contributed by atoms with Gasteiger partial charge in [-0.1, -0.05) is 37.3 Å². The van der Waals surface area contributed by atoms with Crippen molar-refractivity contribution in [2.75, 3.05) is 6.54 Å². The topological polar surface area (TPSA) is 46.9 Å². The highest BCUT2D eigenvalue weighted by molar-refractivity contribution is 5.91. The molecule has 1 heterocycles. The van der Waals surface area contributed by atoms with E-state index in [1.54, 1.807) is 0 Å². The van der Waals surface area contributed by atoms with E-state index in [0.29, 0.717) is 12.5 Å². The van der Waals surface area contributed by atoms with Gasteiger partial charge < -0.3 is 5.32 Å². The first-order chi connectivity index (χ1) is 11.0. The molecule has 3 rings (SSSR count). The van der Waals surface area contributed by atoms with E-state index in [9.17, 15) is 4.79 Å². The lowest BCUT2D eigenvalue weighted by Crippen LogP contribution is -2.38. The average molecular weight is 311 g/mol. The summed E-state index contributed by atoms with van der Waals surface area (Å²) in [5.41, 5.74) is 3.08. The summed E-state index contributed by atoms with van der Waals surface area (Å²) in [6.07, 6.45) is 1.91. The second-order valence-electron chi connectivity index (χ2n) is 6.87. The predicted molar refractivity (Wildman–Crippen MR) is 91.2 cm³/mol. The molecular weight excluding hydrogens is 286 g/mol. The molecule has 0 spiro atoms. The number of hydrogen-bond donors (Lipinski definition) is 1. The highest BCUT2D eigenvalue weighted by Crippen LogP contribution is 2.48. The fourth-order valence-electron chi connectivity index (χ4n) is 3.18. The number of carbonyl (C=O) groups is 1. The minimum Gasteiger partial charge on any atom is -0.355 e. The molecule has 2 aromatic rings. The van der Waals surface area contributed by atoms with Gasteiger partial charge in [-0.2, -0.15) is 5.10 Å². The second kappa shape index (κ2) is 6.19. The Balaban J connectivity index is 1.56. The van der Waals surface area contributed by atoms with Gasteiger partial charge in [0.05, 0.1) is 11.1 Å². The van der Waals surface area contributed by atoms with Crippen LogP contribution in [0.15, 0.2) is 36.4 Å². The summed E-state index contributed by atoms with van der Waals surface area (Å²) < 4.78 is 2.02. The van der Waals surface area contributed by atoms with Crippen molar-refractivity contribution in [3.05, 3.63) is 53.3 Å². The zero-order valence-electron chi connectivity index (χ0n) is 14.2. The van der Waals surface area contributed by atoms with Gasteiger partial charge in [-0.3, -0.25) is 9.48 Å². The Morgan fingerprint density at radius 3 is 2.57 bits per heavy atom. The van der Waals surface area contributed by atoms with Crippen LogP contribution in [0, 0.1) is 19.8 Å². The molecule has 1 amide bonds. The third kappa shape index (κ3) is 3.31. The van der Waals surface area contributed by atoms with Crippen LogP contribution < -0.4 is 5.32 Å². The molecule has 0 bridgehead atoms. The number of amides is 1. The van der Waals surface area contributed by atoms with Gasteiger partial charge in [-0.15, -0.1) is 0 Å². The maximum absolute atomic E-state index is 12.6. The second-order valence-corrected chi connectivity index (χ2v) is 6.87. The number of nitrogens with one attached hydrogen (secondary N) is 1. The minimum atomic E-state index is -0.279. The Hall–Kier alpha value is -2.10. The smallest absolute Gasteiger partial charge is 0.230 e. The Morgan fingerprint density at radius 2 is 2.00 bits per heavy atom. The highest BCUT2D eigenvalue weighted by Gasteiger charge is 2.50. The number of rotatable bonds is 6. The third-order valence-corrected chi connectivity index (χ3v) is 4.71. The van der Waals surface area contributed by atoms with Crippen LogP contribution in [0.3, 0.4) is 0 Å². The fraction of sp³-hybridized carbons (Fsp3) is 0.474. The van der Waals surface area contributed by atoms with E-state index in [1.165, 1.54) is 5.69 Å². The molecule has 23 heavy (non-hydrogen) atoms. The lowest BCUT2D eigenvalue weighted by Gasteiger charge is -2.18. The van der Waals surface area contributed by atoms with E-state index in [4.69, 9.17) is 0 Å². The molecule has 4 nitrogen and oxygen atoms in total. The monoisotopic (exact) mass is 311 g/mol. The first-order valence-electron chi connectivity index (χ1n) is 8.36. The molecule has 1 aliphatic carbocycles. The zero-order valence-corrected chi connectivity index (χ0v) is 14.2. The predicted octanol–water partition coefficient (Wildman–Crippen LogP) is 2.98. The van der Waals surface area contributed by atoms with Crippen molar-refractivity contribution in [1.29, 1.82) is 0 Å². The van der Waals surface area contributed by atoms with Crippen LogP contribution in [-0.2, 0) is 16.8 Å². The van der Waals surface area contributed by atoms with Gasteiger partial charge in [0, 0.05) is 18.8 Å². The van der Waals surface area contributed by atoms with Gasteiger partial charge in [-0.25, -0.2) is 0 Å². The maximum Gasteiger partial charge on any atom is 0.230 e. The molecule has 1 aliphatic rings. The molecule has 0 unspecified atom stereocenters. The number of benzene rings is 1. The van der Waals surface area contributed by atoms with Gasteiger partial charge in [-0.05, 0) is 44.2 Å². The summed E-state index contributed by atoms with van der Waals surface area (Å²) in [4.78, 5) is 12.6. The quantitative estimate of drug-likeness (QED) is 0.891. The molecule has 4 heteroatoms. The van der Waals surface area contributed by atoms with Gasteiger partial charge in [0.15, 0.2) is 0 Å². The Bertz CT molecular complexity index is 686. The summed E-state index contributed by atoms with van der Waals surface area (Å²) in [7, 11) is 0. The highest BCUT2D eigenvalue weighted by atomic mass is 16.2. The molecule has 1 N–H and O–H groups in total. The first kappa shape index (κ1) is 15.8. The fourth-order valence-corrected chi connectivity index (χ4v) is 3.18. The zero-order chi connectivity index (χ0) is 16.4. The van der Waals surface area contributed by atoms with Gasteiger partial charge in [0.2, 0.25) is 5.91 Å². The van der Waals surface area contributed by atoms with Crippen LogP contribution in [0.25, 0.3) is 0 Å². The summed E-state index contributed by atoms with van der Waals surface area (Å²) in [5, 5.41) is 7.64. The maximum atomic E-state index is 12.6. The number of carbonyl (C=O) groups excluding carboxylic acids is 1. The van der Waals surface area contributed by atoms with Crippen molar-refractivity contribution in [3.8, 4) is 0 Å². The molecule has 1 aromatic carbocycles. The lowest BCUT2D eigenvalue weighted by molar-refractivity contribution is -0.123. The van der Waals surface area contributed by atoms with Crippen molar-refractivity contribution in [1.82, 2.24) is 15.1 Å². The van der Waals surface area contributed by atoms with Crippen LogP contribution in [0.1, 0.15) is 36.7 Å². The summed E-state index contributed by atoms with van der Waals surface area (Å²) in [6, 6.07) is 12.2. The molecule has 122 valence electrons. The minimum absolute atomic E-state index is 0.170. The van der Waals surface area contributed by atoms with E-state index in [0.717, 1.165) is 30.6 Å². The SMILES string of the molecule is Cc1cc(C)n(C[C@@H](C)CNC(=O)C2(c3ccccc3)CC2)n1. The van der Waals surface area contributed by atoms with Crippen molar-refractivity contribution in [2.24, 2.45) is 5.92 Å². The Morgan fingerprint density at radius 1 is 1.30 bits per heavy atom. The van der Waals surface area contributed by atoms with Crippen LogP contribution in [0.2, 0.25) is 0 Å². The number of nitrogens with zero attached hydrogens (tertiary/aromatic N) is 2. The lowest BCUT2D eigenvalue weighted by atomic mass is 9.95. The first-order valence-corrected chi connectivity index (χ1v) is 8.36. The molecule has 1 aromatic heterocycles. The Kier molecular flexibility index (Phi) is 4.24. The average Bonchev–Trinajstić information content (AvgIpc) is 3.28. The standard InChI is InChI=1S/C19H25N3O/c1-14(13-22-16(3)11-15(2)21-22)12-20-18(23)19(9-10-19)17-7-5-4-6-8-17/h4-8,11,14H,9-10,12-13H2,1-3H3,(H,20,23)/t14-/m0/s1. The summed E-state index contributed by atoms with van der Waals surface area (Å²) >= 11 is 0. The van der Waals surface area contributed by atoms with E-state index >= 15 is 0 Å². The van der Waals surface area contributed by atoms with Gasteiger partial charge >= 0.3 is 0 Å². The van der Waals surface area contributed by atoms with Gasteiger partial charge in [0.1, 0.15) is 0 Å². The van der Waals surface area contributed by atoms with E-state index < -0.39 is 0 Å². The van der Waals surface area contributed by atoms with Gasteiger partial charge in [0.25, 0.3) is 0 Å². The van der Waals surface area contributed by atoms with Crippen molar-refractivity contribution in [3.63, 3.8) is 0 Å². The van der Waals surface area contributed by atoms with E-state index in [-0.39, 0.29) is 11.3 Å². The Labute approximate surface area is 137 Å².